The predicted octanol–water partition coefficient (Wildman–Crippen LogP) is 7.31. The molecule has 0 atom stereocenters. The highest BCUT2D eigenvalue weighted by Crippen LogP contribution is 2.29. The summed E-state index contributed by atoms with van der Waals surface area (Å²) in [6.45, 7) is 7.90. The fourth-order valence-corrected chi connectivity index (χ4v) is 4.22. The molecule has 1 saturated carbocycles. The third kappa shape index (κ3) is 9.18. The van der Waals surface area contributed by atoms with E-state index in [0.29, 0.717) is 11.1 Å². The molecule has 4 rings (SSSR count). The van der Waals surface area contributed by atoms with Crippen LogP contribution < -0.4 is 5.32 Å². The zero-order chi connectivity index (χ0) is 23.2. The first-order valence-electron chi connectivity index (χ1n) is 11.9. The van der Waals surface area contributed by atoms with Crippen molar-refractivity contribution in [3.63, 3.8) is 0 Å². The Labute approximate surface area is 199 Å². The van der Waals surface area contributed by atoms with E-state index >= 15 is 0 Å². The second kappa shape index (κ2) is 14.9. The lowest BCUT2D eigenvalue weighted by atomic mass is 9.95. The van der Waals surface area contributed by atoms with Gasteiger partial charge in [-0.05, 0) is 63.6 Å². The summed E-state index contributed by atoms with van der Waals surface area (Å²) in [4.78, 5) is 8.96. The molecule has 0 unspecified atom stereocenters. The van der Waals surface area contributed by atoms with Crippen molar-refractivity contribution in [3.8, 4) is 23.6 Å². The zero-order valence-electron chi connectivity index (χ0n) is 19.9. The minimum Gasteiger partial charge on any atom is -0.381 e. The lowest BCUT2D eigenvalue weighted by Crippen LogP contribution is -2.22. The van der Waals surface area contributed by atoms with E-state index in [1.54, 1.807) is 13.1 Å². The Balaban J connectivity index is 0.000000274. The Morgan fingerprint density at radius 2 is 1.84 bits per heavy atom. The number of anilines is 1. The molecule has 0 amide bonds. The molecule has 0 radical (unpaired) electrons. The highest BCUT2D eigenvalue weighted by molar-refractivity contribution is 6.33. The smallest absolute Gasteiger partial charge is 0.126 e. The molecule has 3 heterocycles. The number of hydrogen-bond acceptors (Lipinski definition) is 4. The number of hydrogen-bond donors (Lipinski definition) is 1. The Kier molecular flexibility index (Phi) is 12.2. The van der Waals surface area contributed by atoms with Gasteiger partial charge in [0.15, 0.2) is 0 Å². The third-order valence-corrected chi connectivity index (χ3v) is 6.20. The first-order chi connectivity index (χ1) is 15.6. The first kappa shape index (κ1) is 26.2. The number of nitrogens with one attached hydrogen (secondary N) is 1. The van der Waals surface area contributed by atoms with Crippen molar-refractivity contribution in [2.45, 2.75) is 78.2 Å². The van der Waals surface area contributed by atoms with Gasteiger partial charge in [-0.15, -0.1) is 12.3 Å². The maximum atomic E-state index is 6.30. The standard InChI is InChI=1S/C17H20ClN3.C7H14O.C3H4/c1-12-6-5-9-16(20-12)14-10-17(19-11-15(14)18)21-13-7-3-2-4-8-13;1-2-7-3-5-8-6-4-7;1-3-2/h5-6,9-11,13H,2-4,7-8H2,1H3,(H,19,21);7H,2-6H2,1H3;1H,2H3. The van der Waals surface area contributed by atoms with Gasteiger partial charge in [0.25, 0.3) is 0 Å². The van der Waals surface area contributed by atoms with Gasteiger partial charge in [0.05, 0.1) is 10.7 Å². The van der Waals surface area contributed by atoms with E-state index in [-0.39, 0.29) is 0 Å². The number of rotatable bonds is 4. The highest BCUT2D eigenvalue weighted by Gasteiger charge is 2.15. The van der Waals surface area contributed by atoms with Gasteiger partial charge in [0.1, 0.15) is 5.82 Å². The minimum absolute atomic E-state index is 0.533. The van der Waals surface area contributed by atoms with Gasteiger partial charge in [-0.2, -0.15) is 0 Å². The van der Waals surface area contributed by atoms with Crippen LogP contribution in [0, 0.1) is 25.2 Å². The zero-order valence-corrected chi connectivity index (χ0v) is 20.6. The number of nitrogens with zero attached hydrogens (tertiary/aromatic N) is 2. The van der Waals surface area contributed by atoms with Gasteiger partial charge >= 0.3 is 0 Å². The fourth-order valence-electron chi connectivity index (χ4n) is 4.02. The number of halogens is 1. The average Bonchev–Trinajstić information content (AvgIpc) is 2.82. The number of pyridine rings is 2. The average molecular weight is 456 g/mol. The van der Waals surface area contributed by atoms with E-state index in [9.17, 15) is 0 Å². The summed E-state index contributed by atoms with van der Waals surface area (Å²) in [6, 6.07) is 8.52. The number of aromatic nitrogens is 2. The van der Waals surface area contributed by atoms with Gasteiger partial charge in [0, 0.05) is 36.7 Å². The Bertz CT molecular complexity index is 837. The lowest BCUT2D eigenvalue weighted by Gasteiger charge is -2.23. The minimum atomic E-state index is 0.533. The third-order valence-electron chi connectivity index (χ3n) is 5.90. The molecule has 1 saturated heterocycles. The Hall–Kier alpha value is -2.09. The second-order valence-corrected chi connectivity index (χ2v) is 8.85. The molecule has 174 valence electrons. The van der Waals surface area contributed by atoms with Crippen LogP contribution in [0.4, 0.5) is 5.82 Å². The van der Waals surface area contributed by atoms with Gasteiger partial charge < -0.3 is 10.1 Å². The fraction of sp³-hybridized carbons (Fsp3) is 0.556. The van der Waals surface area contributed by atoms with E-state index in [2.05, 4.69) is 34.6 Å². The highest BCUT2D eigenvalue weighted by atomic mass is 35.5. The van der Waals surface area contributed by atoms with Gasteiger partial charge in [-0.1, -0.05) is 50.3 Å². The van der Waals surface area contributed by atoms with Crippen molar-refractivity contribution in [3.05, 3.63) is 41.2 Å². The molecule has 4 nitrogen and oxygen atoms in total. The van der Waals surface area contributed by atoms with Crippen LogP contribution in [-0.4, -0.2) is 29.2 Å². The SMILES string of the molecule is C#CC.CCC1CCOCC1.Cc1cccc(-c2cc(NC3CCCCC3)ncc2Cl)n1. The van der Waals surface area contributed by atoms with Crippen LogP contribution in [0.25, 0.3) is 11.3 Å². The van der Waals surface area contributed by atoms with Crippen LogP contribution in [0.15, 0.2) is 30.5 Å². The molecule has 0 aromatic carbocycles. The summed E-state index contributed by atoms with van der Waals surface area (Å²) in [5.74, 6) is 4.10. The first-order valence-corrected chi connectivity index (χ1v) is 12.3. The largest absolute Gasteiger partial charge is 0.381 e. The van der Waals surface area contributed by atoms with E-state index in [0.717, 1.165) is 41.9 Å². The van der Waals surface area contributed by atoms with Crippen LogP contribution in [0.5, 0.6) is 0 Å². The molecule has 2 aliphatic rings. The molecular formula is C27H38ClN3O. The molecular weight excluding hydrogens is 418 g/mol. The molecule has 1 aliphatic carbocycles. The van der Waals surface area contributed by atoms with Crippen molar-refractivity contribution in [2.24, 2.45) is 5.92 Å². The van der Waals surface area contributed by atoms with Crippen LogP contribution >= 0.6 is 11.6 Å². The summed E-state index contributed by atoms with van der Waals surface area (Å²) in [5, 5.41) is 4.18. The molecule has 0 spiro atoms. The number of aryl methyl sites for hydroxylation is 1. The van der Waals surface area contributed by atoms with Crippen molar-refractivity contribution < 1.29 is 4.74 Å². The van der Waals surface area contributed by atoms with Crippen LogP contribution in [0.1, 0.15) is 70.9 Å². The maximum absolute atomic E-state index is 6.30. The molecule has 2 aromatic rings. The molecule has 0 bridgehead atoms. The van der Waals surface area contributed by atoms with Crippen molar-refractivity contribution in [1.29, 1.82) is 0 Å². The van der Waals surface area contributed by atoms with E-state index < -0.39 is 0 Å². The van der Waals surface area contributed by atoms with E-state index in [1.807, 2.05) is 31.2 Å². The summed E-state index contributed by atoms with van der Waals surface area (Å²) < 4.78 is 5.20. The van der Waals surface area contributed by atoms with Gasteiger partial charge in [-0.25, -0.2) is 4.98 Å². The predicted molar refractivity (Wildman–Crippen MR) is 136 cm³/mol. The Morgan fingerprint density at radius 1 is 1.16 bits per heavy atom. The number of terminal acetylenes is 1. The van der Waals surface area contributed by atoms with Crippen LogP contribution in [0.2, 0.25) is 5.02 Å². The molecule has 1 aliphatic heterocycles. The molecule has 32 heavy (non-hydrogen) atoms. The lowest BCUT2D eigenvalue weighted by molar-refractivity contribution is 0.0654. The quantitative estimate of drug-likeness (QED) is 0.491. The van der Waals surface area contributed by atoms with Gasteiger partial charge in [0.2, 0.25) is 0 Å². The van der Waals surface area contributed by atoms with E-state index in [1.165, 1.54) is 51.4 Å². The van der Waals surface area contributed by atoms with E-state index in [4.69, 9.17) is 16.3 Å². The summed E-state index contributed by atoms with van der Waals surface area (Å²) in [6.07, 6.45) is 16.6. The number of ether oxygens (including phenoxy) is 1. The van der Waals surface area contributed by atoms with Crippen molar-refractivity contribution >= 4 is 17.4 Å². The molecule has 5 heteroatoms. The normalized spacial score (nSPS) is 16.6. The molecule has 2 fully saturated rings. The maximum Gasteiger partial charge on any atom is 0.126 e. The molecule has 1 N–H and O–H groups in total. The topological polar surface area (TPSA) is 47.0 Å². The summed E-state index contributed by atoms with van der Waals surface area (Å²) >= 11 is 6.30. The molecule has 2 aromatic heterocycles. The van der Waals surface area contributed by atoms with Crippen LogP contribution in [-0.2, 0) is 4.74 Å². The van der Waals surface area contributed by atoms with Crippen LogP contribution in [0.3, 0.4) is 0 Å². The Morgan fingerprint density at radius 3 is 2.44 bits per heavy atom. The van der Waals surface area contributed by atoms with Crippen molar-refractivity contribution in [2.75, 3.05) is 18.5 Å². The monoisotopic (exact) mass is 455 g/mol. The van der Waals surface area contributed by atoms with Gasteiger partial charge in [-0.3, -0.25) is 4.98 Å². The summed E-state index contributed by atoms with van der Waals surface area (Å²) in [5.41, 5.74) is 2.82. The second-order valence-electron chi connectivity index (χ2n) is 8.45. The summed E-state index contributed by atoms with van der Waals surface area (Å²) in [7, 11) is 0. The van der Waals surface area contributed by atoms with Crippen molar-refractivity contribution in [1.82, 2.24) is 9.97 Å².